The van der Waals surface area contributed by atoms with Gasteiger partial charge in [-0.2, -0.15) is 0 Å². The summed E-state index contributed by atoms with van der Waals surface area (Å²) < 4.78 is 1.10. The van der Waals surface area contributed by atoms with Crippen molar-refractivity contribution < 1.29 is 4.48 Å². The van der Waals surface area contributed by atoms with E-state index in [9.17, 15) is 0 Å². The molecular formula is C20H22N3+. The number of rotatable bonds is 0. The molecule has 1 aromatic carbocycles. The van der Waals surface area contributed by atoms with E-state index in [0.717, 1.165) is 17.3 Å². The van der Waals surface area contributed by atoms with E-state index in [1.54, 1.807) is 5.56 Å². The number of quaternary nitrogens is 1. The average molecular weight is 304 g/mol. The Morgan fingerprint density at radius 1 is 1.22 bits per heavy atom. The molecule has 3 aromatic rings. The number of nitrogens with zero attached hydrogens (tertiary/aromatic N) is 2. The van der Waals surface area contributed by atoms with Gasteiger partial charge in [-0.05, 0) is 30.2 Å². The number of hydrogen-bond acceptors (Lipinski definition) is 1. The van der Waals surface area contributed by atoms with Crippen LogP contribution in [-0.2, 0) is 12.8 Å². The number of pyridine rings is 1. The van der Waals surface area contributed by atoms with Crippen LogP contribution in [0.4, 0.5) is 0 Å². The summed E-state index contributed by atoms with van der Waals surface area (Å²) >= 11 is 0. The van der Waals surface area contributed by atoms with Crippen LogP contribution in [0.1, 0.15) is 41.4 Å². The Morgan fingerprint density at radius 3 is 3.00 bits per heavy atom. The zero-order valence-electron chi connectivity index (χ0n) is 13.7. The molecule has 2 aliphatic rings. The molecule has 0 aliphatic carbocycles. The van der Waals surface area contributed by atoms with Crippen molar-refractivity contribution in [3.8, 4) is 0 Å². The second-order valence-electron chi connectivity index (χ2n) is 7.35. The number of fused-ring (bicyclic) bond motifs is 6. The van der Waals surface area contributed by atoms with E-state index >= 15 is 0 Å². The summed E-state index contributed by atoms with van der Waals surface area (Å²) in [5.74, 6) is 0. The highest BCUT2D eigenvalue weighted by Crippen LogP contribution is 2.49. The van der Waals surface area contributed by atoms with Crippen molar-refractivity contribution in [2.45, 2.75) is 31.8 Å². The average Bonchev–Trinajstić information content (AvgIpc) is 2.95. The van der Waals surface area contributed by atoms with Crippen molar-refractivity contribution in [2.75, 3.05) is 13.6 Å². The molecular weight excluding hydrogens is 282 g/mol. The highest BCUT2D eigenvalue weighted by atomic mass is 15.4. The van der Waals surface area contributed by atoms with Crippen molar-refractivity contribution in [3.63, 3.8) is 0 Å². The molecule has 23 heavy (non-hydrogen) atoms. The Labute approximate surface area is 136 Å². The minimum Gasteiger partial charge on any atom is -0.353 e. The third-order valence-corrected chi connectivity index (χ3v) is 6.43. The molecule has 0 fully saturated rings. The molecule has 1 N–H and O–H groups in total. The lowest BCUT2D eigenvalue weighted by Gasteiger charge is -2.51. The number of aromatic nitrogens is 2. The molecule has 2 aliphatic heterocycles. The molecule has 3 atom stereocenters. The van der Waals surface area contributed by atoms with Crippen molar-refractivity contribution in [3.05, 3.63) is 65.1 Å². The van der Waals surface area contributed by atoms with Gasteiger partial charge in [-0.25, -0.2) is 0 Å². The smallest absolute Gasteiger partial charge is 0.134 e. The number of nitrogens with one attached hydrogen (secondary N) is 1. The first-order chi connectivity index (χ1) is 11.2. The van der Waals surface area contributed by atoms with Gasteiger partial charge in [0.1, 0.15) is 12.1 Å². The minimum absolute atomic E-state index is 0.497. The van der Waals surface area contributed by atoms with Crippen LogP contribution in [0.5, 0.6) is 0 Å². The van der Waals surface area contributed by atoms with Gasteiger partial charge in [0, 0.05) is 41.7 Å². The number of likely N-dealkylation sites (N-methyl/N-ethyl adjacent to an activating group) is 1. The lowest BCUT2D eigenvalue weighted by atomic mass is 9.82. The summed E-state index contributed by atoms with van der Waals surface area (Å²) in [5, 5.41) is 1.42. The number of aromatic amines is 1. The van der Waals surface area contributed by atoms with Crippen LogP contribution in [0.25, 0.3) is 10.9 Å². The molecule has 4 heterocycles. The highest BCUT2D eigenvalue weighted by Gasteiger charge is 2.48. The van der Waals surface area contributed by atoms with Crippen molar-refractivity contribution in [1.82, 2.24) is 9.97 Å². The van der Waals surface area contributed by atoms with E-state index in [0.29, 0.717) is 12.1 Å². The summed E-state index contributed by atoms with van der Waals surface area (Å²) in [4.78, 5) is 8.14. The molecule has 3 heteroatoms. The van der Waals surface area contributed by atoms with E-state index in [-0.39, 0.29) is 0 Å². The van der Waals surface area contributed by atoms with Crippen LogP contribution in [0.2, 0.25) is 0 Å². The SMILES string of the molecule is CC1c2cnccc2CC2c3[nH]c4ccccc4c3CC[N+]12C. The highest BCUT2D eigenvalue weighted by molar-refractivity contribution is 5.85. The number of para-hydroxylation sites is 1. The van der Waals surface area contributed by atoms with Gasteiger partial charge in [0.05, 0.1) is 19.3 Å². The quantitative estimate of drug-likeness (QED) is 0.626. The summed E-state index contributed by atoms with van der Waals surface area (Å²) in [7, 11) is 2.43. The fraction of sp³-hybridized carbons (Fsp3) is 0.350. The normalized spacial score (nSPS) is 29.0. The first kappa shape index (κ1) is 13.3. The fourth-order valence-corrected chi connectivity index (χ4v) is 4.88. The van der Waals surface area contributed by atoms with E-state index in [1.165, 1.54) is 34.3 Å². The van der Waals surface area contributed by atoms with Gasteiger partial charge in [-0.1, -0.05) is 18.2 Å². The molecule has 0 saturated heterocycles. The van der Waals surface area contributed by atoms with Crippen LogP contribution >= 0.6 is 0 Å². The summed E-state index contributed by atoms with van der Waals surface area (Å²) in [6.07, 6.45) is 6.29. The van der Waals surface area contributed by atoms with E-state index in [1.807, 2.05) is 6.20 Å². The Bertz CT molecular complexity index is 910. The largest absolute Gasteiger partial charge is 0.353 e. The molecule has 116 valence electrons. The molecule has 0 amide bonds. The summed E-state index contributed by atoms with van der Waals surface area (Å²) in [5.41, 5.74) is 7.21. The second-order valence-corrected chi connectivity index (χ2v) is 7.35. The molecule has 0 radical (unpaired) electrons. The van der Waals surface area contributed by atoms with Crippen LogP contribution in [0, 0.1) is 0 Å². The van der Waals surface area contributed by atoms with Gasteiger partial charge in [-0.15, -0.1) is 0 Å². The molecule has 3 nitrogen and oxygen atoms in total. The third kappa shape index (κ3) is 1.66. The van der Waals surface area contributed by atoms with Crippen LogP contribution in [-0.4, -0.2) is 28.0 Å². The lowest BCUT2D eigenvalue weighted by molar-refractivity contribution is -0.970. The van der Waals surface area contributed by atoms with Crippen LogP contribution in [0.3, 0.4) is 0 Å². The van der Waals surface area contributed by atoms with Crippen LogP contribution < -0.4 is 0 Å². The number of benzene rings is 1. The topological polar surface area (TPSA) is 28.7 Å². The van der Waals surface area contributed by atoms with Gasteiger partial charge in [0.25, 0.3) is 0 Å². The van der Waals surface area contributed by atoms with Gasteiger partial charge in [-0.3, -0.25) is 4.98 Å². The molecule has 5 rings (SSSR count). The monoisotopic (exact) mass is 304 g/mol. The van der Waals surface area contributed by atoms with E-state index < -0.39 is 0 Å². The number of hydrogen-bond donors (Lipinski definition) is 1. The van der Waals surface area contributed by atoms with E-state index in [2.05, 4.69) is 60.5 Å². The standard InChI is InChI=1S/C20H22N3/c1-13-17-12-21-9-7-14(17)11-19-20-16(8-10-23(13,19)2)15-5-3-4-6-18(15)22-20/h3-7,9,12-13,19,22H,8,10-11H2,1-2H3/q+1. The maximum absolute atomic E-state index is 4.38. The fourth-order valence-electron chi connectivity index (χ4n) is 4.88. The number of H-pyrrole nitrogens is 1. The predicted octanol–water partition coefficient (Wildman–Crippen LogP) is 3.92. The zero-order chi connectivity index (χ0) is 15.6. The van der Waals surface area contributed by atoms with Gasteiger partial charge < -0.3 is 9.47 Å². The van der Waals surface area contributed by atoms with Crippen LogP contribution in [0.15, 0.2) is 42.7 Å². The van der Waals surface area contributed by atoms with Gasteiger partial charge in [0.2, 0.25) is 0 Å². The Balaban J connectivity index is 1.73. The lowest BCUT2D eigenvalue weighted by Crippen LogP contribution is -2.55. The van der Waals surface area contributed by atoms with Crippen molar-refractivity contribution >= 4 is 10.9 Å². The van der Waals surface area contributed by atoms with Gasteiger partial charge >= 0.3 is 0 Å². The molecule has 3 unspecified atom stereocenters. The minimum atomic E-state index is 0.497. The Kier molecular flexibility index (Phi) is 2.58. The summed E-state index contributed by atoms with van der Waals surface area (Å²) in [6.45, 7) is 3.58. The maximum Gasteiger partial charge on any atom is 0.134 e. The van der Waals surface area contributed by atoms with Crippen molar-refractivity contribution in [1.29, 1.82) is 0 Å². The zero-order valence-corrected chi connectivity index (χ0v) is 13.7. The summed E-state index contributed by atoms with van der Waals surface area (Å²) in [6, 6.07) is 12.0. The first-order valence-corrected chi connectivity index (χ1v) is 8.55. The second kappa shape index (κ2) is 4.45. The van der Waals surface area contributed by atoms with E-state index in [4.69, 9.17) is 0 Å². The Hall–Kier alpha value is -2.13. The maximum atomic E-state index is 4.38. The van der Waals surface area contributed by atoms with Gasteiger partial charge in [0.15, 0.2) is 0 Å². The third-order valence-electron chi connectivity index (χ3n) is 6.43. The Morgan fingerprint density at radius 2 is 2.09 bits per heavy atom. The molecule has 2 aromatic heterocycles. The molecule has 0 bridgehead atoms. The molecule has 0 spiro atoms. The molecule has 0 saturated carbocycles. The van der Waals surface area contributed by atoms with Crippen molar-refractivity contribution in [2.24, 2.45) is 0 Å². The predicted molar refractivity (Wildman–Crippen MR) is 92.2 cm³/mol. The first-order valence-electron chi connectivity index (χ1n) is 8.55.